The van der Waals surface area contributed by atoms with E-state index in [1.54, 1.807) is 25.3 Å². The first-order valence-corrected chi connectivity index (χ1v) is 6.37. The van der Waals surface area contributed by atoms with Crippen LogP contribution in [0.25, 0.3) is 11.3 Å². The first kappa shape index (κ1) is 13.5. The third kappa shape index (κ3) is 3.54. The Balaban J connectivity index is 2.10. The van der Waals surface area contributed by atoms with Crippen molar-refractivity contribution >= 4 is 5.69 Å². The minimum Gasteiger partial charge on any atom is -0.441 e. The summed E-state index contributed by atoms with van der Waals surface area (Å²) >= 11 is 0. The zero-order valence-electron chi connectivity index (χ0n) is 11.2. The molecule has 19 heavy (non-hydrogen) atoms. The minimum atomic E-state index is -0.267. The molecule has 0 bridgehead atoms. The van der Waals surface area contributed by atoms with Crippen LogP contribution in [-0.2, 0) is 0 Å². The number of benzene rings is 1. The summed E-state index contributed by atoms with van der Waals surface area (Å²) in [6.45, 7) is 6.18. The molecule has 0 spiro atoms. The van der Waals surface area contributed by atoms with Crippen LogP contribution in [0.3, 0.4) is 0 Å². The van der Waals surface area contributed by atoms with Gasteiger partial charge in [-0.3, -0.25) is 0 Å². The van der Waals surface area contributed by atoms with E-state index in [1.807, 2.05) is 6.92 Å². The van der Waals surface area contributed by atoms with E-state index in [0.29, 0.717) is 23.9 Å². The molecule has 0 aliphatic carbocycles. The highest BCUT2D eigenvalue weighted by molar-refractivity contribution is 5.63. The second kappa shape index (κ2) is 6.33. The number of nitrogens with one attached hydrogen (secondary N) is 2. The predicted octanol–water partition coefficient (Wildman–Crippen LogP) is 2.81. The zero-order chi connectivity index (χ0) is 13.7. The van der Waals surface area contributed by atoms with E-state index in [1.165, 1.54) is 6.07 Å². The molecule has 102 valence electrons. The van der Waals surface area contributed by atoms with Crippen LogP contribution < -0.4 is 10.6 Å². The highest BCUT2D eigenvalue weighted by Gasteiger charge is 2.08. The molecule has 2 aromatic rings. The van der Waals surface area contributed by atoms with Crippen molar-refractivity contribution in [2.45, 2.75) is 13.8 Å². The Morgan fingerprint density at radius 1 is 1.32 bits per heavy atom. The summed E-state index contributed by atoms with van der Waals surface area (Å²) in [6.07, 6.45) is 1.64. The Kier molecular flexibility index (Phi) is 4.52. The molecule has 5 heteroatoms. The first-order valence-electron chi connectivity index (χ1n) is 6.37. The summed E-state index contributed by atoms with van der Waals surface area (Å²) in [4.78, 5) is 4.04. The van der Waals surface area contributed by atoms with Crippen molar-refractivity contribution in [3.8, 4) is 11.3 Å². The van der Waals surface area contributed by atoms with Crippen LogP contribution in [-0.4, -0.2) is 24.6 Å². The lowest BCUT2D eigenvalue weighted by Gasteiger charge is -2.09. The number of rotatable bonds is 6. The van der Waals surface area contributed by atoms with Crippen LogP contribution in [0.4, 0.5) is 10.1 Å². The van der Waals surface area contributed by atoms with E-state index in [4.69, 9.17) is 4.42 Å². The van der Waals surface area contributed by atoms with Gasteiger partial charge in [0.15, 0.2) is 11.7 Å². The van der Waals surface area contributed by atoms with Crippen LogP contribution in [0, 0.1) is 12.7 Å². The summed E-state index contributed by atoms with van der Waals surface area (Å²) in [6, 6.07) is 4.86. The highest BCUT2D eigenvalue weighted by Crippen LogP contribution is 2.25. The van der Waals surface area contributed by atoms with Crippen molar-refractivity contribution in [2.75, 3.05) is 25.0 Å². The third-order valence-corrected chi connectivity index (χ3v) is 2.74. The average Bonchev–Trinajstić information content (AvgIpc) is 2.83. The molecular weight excluding hydrogens is 245 g/mol. The fraction of sp³-hybridized carbons (Fsp3) is 0.357. The molecule has 0 atom stereocenters. The van der Waals surface area contributed by atoms with Gasteiger partial charge in [-0.25, -0.2) is 9.37 Å². The van der Waals surface area contributed by atoms with Gasteiger partial charge in [0.1, 0.15) is 5.82 Å². The number of nitrogens with zero attached hydrogens (tertiary/aromatic N) is 1. The van der Waals surface area contributed by atoms with E-state index in [-0.39, 0.29) is 5.82 Å². The molecule has 1 aromatic carbocycles. The molecule has 2 rings (SSSR count). The van der Waals surface area contributed by atoms with Gasteiger partial charge in [0.05, 0.1) is 11.9 Å². The van der Waals surface area contributed by atoms with E-state index < -0.39 is 0 Å². The molecule has 2 N–H and O–H groups in total. The Hall–Kier alpha value is -1.88. The van der Waals surface area contributed by atoms with Gasteiger partial charge in [-0.15, -0.1) is 0 Å². The predicted molar refractivity (Wildman–Crippen MR) is 73.7 cm³/mol. The molecule has 0 aliphatic heterocycles. The fourth-order valence-electron chi connectivity index (χ4n) is 1.77. The molecule has 0 aliphatic rings. The lowest BCUT2D eigenvalue weighted by atomic mass is 10.1. The zero-order valence-corrected chi connectivity index (χ0v) is 11.2. The molecule has 0 saturated heterocycles. The number of halogens is 1. The standard InChI is InChI=1S/C14H18FN3O/c1-3-16-6-7-17-13-8-11(4-5-12(13)15)14-9-18-10(2)19-14/h4-5,8-9,16-17H,3,6-7H2,1-2H3. The van der Waals surface area contributed by atoms with E-state index in [2.05, 4.69) is 15.6 Å². The monoisotopic (exact) mass is 263 g/mol. The fourth-order valence-corrected chi connectivity index (χ4v) is 1.77. The third-order valence-electron chi connectivity index (χ3n) is 2.74. The van der Waals surface area contributed by atoms with Crippen LogP contribution in [0.1, 0.15) is 12.8 Å². The highest BCUT2D eigenvalue weighted by atomic mass is 19.1. The van der Waals surface area contributed by atoms with E-state index in [0.717, 1.165) is 18.7 Å². The Morgan fingerprint density at radius 2 is 2.16 bits per heavy atom. The van der Waals surface area contributed by atoms with Crippen molar-refractivity contribution in [2.24, 2.45) is 0 Å². The normalized spacial score (nSPS) is 10.7. The topological polar surface area (TPSA) is 50.1 Å². The Labute approximate surface area is 112 Å². The smallest absolute Gasteiger partial charge is 0.191 e. The van der Waals surface area contributed by atoms with Crippen molar-refractivity contribution in [1.82, 2.24) is 10.3 Å². The molecule has 0 amide bonds. The second-order valence-corrected chi connectivity index (χ2v) is 4.22. The average molecular weight is 263 g/mol. The van der Waals surface area contributed by atoms with Crippen LogP contribution in [0.5, 0.6) is 0 Å². The van der Waals surface area contributed by atoms with Gasteiger partial charge in [-0.05, 0) is 24.7 Å². The van der Waals surface area contributed by atoms with Gasteiger partial charge in [-0.2, -0.15) is 0 Å². The summed E-state index contributed by atoms with van der Waals surface area (Å²) in [5.74, 6) is 0.977. The molecule has 0 saturated carbocycles. The number of aromatic nitrogens is 1. The lowest BCUT2D eigenvalue weighted by molar-refractivity contribution is 0.534. The molecule has 4 nitrogen and oxygen atoms in total. The second-order valence-electron chi connectivity index (χ2n) is 4.22. The molecule has 0 unspecified atom stereocenters. The number of likely N-dealkylation sites (N-methyl/N-ethyl adjacent to an activating group) is 1. The Bertz CT molecular complexity index is 539. The van der Waals surface area contributed by atoms with Gasteiger partial charge < -0.3 is 15.1 Å². The SMILES string of the molecule is CCNCCNc1cc(-c2cnc(C)o2)ccc1F. The Morgan fingerprint density at radius 3 is 2.84 bits per heavy atom. The number of oxazole rings is 1. The quantitative estimate of drug-likeness (QED) is 0.787. The maximum Gasteiger partial charge on any atom is 0.191 e. The summed E-state index contributed by atoms with van der Waals surface area (Å²) in [5.41, 5.74) is 1.29. The molecule has 0 fully saturated rings. The number of hydrogen-bond donors (Lipinski definition) is 2. The van der Waals surface area contributed by atoms with Crippen molar-refractivity contribution in [3.05, 3.63) is 36.1 Å². The van der Waals surface area contributed by atoms with Crippen molar-refractivity contribution in [3.63, 3.8) is 0 Å². The van der Waals surface area contributed by atoms with Gasteiger partial charge in [0.25, 0.3) is 0 Å². The number of aryl methyl sites for hydroxylation is 1. The summed E-state index contributed by atoms with van der Waals surface area (Å²) in [7, 11) is 0. The maximum absolute atomic E-state index is 13.7. The maximum atomic E-state index is 13.7. The van der Waals surface area contributed by atoms with E-state index in [9.17, 15) is 4.39 Å². The lowest BCUT2D eigenvalue weighted by Crippen LogP contribution is -2.21. The van der Waals surface area contributed by atoms with Gasteiger partial charge in [0.2, 0.25) is 0 Å². The van der Waals surface area contributed by atoms with Gasteiger partial charge in [-0.1, -0.05) is 6.92 Å². The molecule has 1 aromatic heterocycles. The minimum absolute atomic E-state index is 0.267. The largest absolute Gasteiger partial charge is 0.441 e. The number of anilines is 1. The van der Waals surface area contributed by atoms with Crippen LogP contribution in [0.15, 0.2) is 28.8 Å². The number of hydrogen-bond acceptors (Lipinski definition) is 4. The van der Waals surface area contributed by atoms with Crippen LogP contribution >= 0.6 is 0 Å². The van der Waals surface area contributed by atoms with Crippen LogP contribution in [0.2, 0.25) is 0 Å². The molecule has 0 radical (unpaired) electrons. The molecule has 1 heterocycles. The van der Waals surface area contributed by atoms with Crippen molar-refractivity contribution in [1.29, 1.82) is 0 Å². The molecular formula is C14H18FN3O. The van der Waals surface area contributed by atoms with Gasteiger partial charge in [0, 0.05) is 25.6 Å². The van der Waals surface area contributed by atoms with E-state index >= 15 is 0 Å². The summed E-state index contributed by atoms with van der Waals surface area (Å²) in [5, 5.41) is 6.24. The first-order chi connectivity index (χ1) is 9.20. The van der Waals surface area contributed by atoms with Gasteiger partial charge >= 0.3 is 0 Å². The summed E-state index contributed by atoms with van der Waals surface area (Å²) < 4.78 is 19.1. The van der Waals surface area contributed by atoms with Crippen molar-refractivity contribution < 1.29 is 8.81 Å².